The van der Waals surface area contributed by atoms with Crippen LogP contribution in [0.25, 0.3) is 11.0 Å². The van der Waals surface area contributed by atoms with E-state index in [9.17, 15) is 0 Å². The number of rotatable bonds is 2. The first kappa shape index (κ1) is 11.4. The van der Waals surface area contributed by atoms with Gasteiger partial charge in [-0.25, -0.2) is 0 Å². The SMILES string of the molecule is Cc1ccc2oc(C)c(Sc3ccccc3)c2c1. The van der Waals surface area contributed by atoms with Crippen LogP contribution in [0.2, 0.25) is 0 Å². The van der Waals surface area contributed by atoms with Gasteiger partial charge in [0.05, 0.1) is 4.90 Å². The molecule has 0 aliphatic rings. The van der Waals surface area contributed by atoms with Gasteiger partial charge < -0.3 is 4.42 Å². The van der Waals surface area contributed by atoms with E-state index in [-0.39, 0.29) is 0 Å². The average molecular weight is 254 g/mol. The molecule has 18 heavy (non-hydrogen) atoms. The van der Waals surface area contributed by atoms with Crippen molar-refractivity contribution in [1.82, 2.24) is 0 Å². The first-order chi connectivity index (χ1) is 8.74. The van der Waals surface area contributed by atoms with Gasteiger partial charge in [-0.2, -0.15) is 0 Å². The second-order valence-corrected chi connectivity index (χ2v) is 5.49. The molecule has 1 heterocycles. The third-order valence-electron chi connectivity index (χ3n) is 2.93. The van der Waals surface area contributed by atoms with Crippen LogP contribution in [0.3, 0.4) is 0 Å². The third kappa shape index (κ3) is 2.04. The predicted octanol–water partition coefficient (Wildman–Crippen LogP) is 5.20. The van der Waals surface area contributed by atoms with Crippen LogP contribution in [0.4, 0.5) is 0 Å². The van der Waals surface area contributed by atoms with Crippen molar-refractivity contribution in [2.24, 2.45) is 0 Å². The fourth-order valence-electron chi connectivity index (χ4n) is 2.04. The number of furan rings is 1. The molecule has 0 spiro atoms. The largest absolute Gasteiger partial charge is 0.460 e. The molecule has 0 N–H and O–H groups in total. The predicted molar refractivity (Wildman–Crippen MR) is 76.3 cm³/mol. The summed E-state index contributed by atoms with van der Waals surface area (Å²) in [4.78, 5) is 2.46. The zero-order valence-corrected chi connectivity index (χ0v) is 11.3. The summed E-state index contributed by atoms with van der Waals surface area (Å²) in [5.41, 5.74) is 2.23. The van der Waals surface area contributed by atoms with Crippen LogP contribution in [0, 0.1) is 13.8 Å². The first-order valence-electron chi connectivity index (χ1n) is 5.97. The molecule has 1 nitrogen and oxygen atoms in total. The van der Waals surface area contributed by atoms with Gasteiger partial charge in [-0.05, 0) is 38.1 Å². The van der Waals surface area contributed by atoms with Gasteiger partial charge in [0.15, 0.2) is 0 Å². The molecule has 1 aromatic heterocycles. The van der Waals surface area contributed by atoms with Crippen LogP contribution in [0.5, 0.6) is 0 Å². The van der Waals surface area contributed by atoms with E-state index in [0.29, 0.717) is 0 Å². The number of hydrogen-bond donors (Lipinski definition) is 0. The van der Waals surface area contributed by atoms with Gasteiger partial charge in [-0.3, -0.25) is 0 Å². The van der Waals surface area contributed by atoms with Crippen LogP contribution < -0.4 is 0 Å². The van der Waals surface area contributed by atoms with Crippen molar-refractivity contribution in [3.05, 3.63) is 59.9 Å². The Hall–Kier alpha value is -1.67. The second-order valence-electron chi connectivity index (χ2n) is 4.40. The number of hydrogen-bond acceptors (Lipinski definition) is 2. The van der Waals surface area contributed by atoms with E-state index in [4.69, 9.17) is 4.42 Å². The number of aryl methyl sites for hydroxylation is 2. The highest BCUT2D eigenvalue weighted by atomic mass is 32.2. The van der Waals surface area contributed by atoms with Gasteiger partial charge >= 0.3 is 0 Å². The Morgan fingerprint density at radius 1 is 0.944 bits per heavy atom. The highest BCUT2D eigenvalue weighted by Gasteiger charge is 2.12. The molecule has 0 saturated heterocycles. The summed E-state index contributed by atoms with van der Waals surface area (Å²) in [6.07, 6.45) is 0. The molecule has 0 fully saturated rings. The van der Waals surface area contributed by atoms with Gasteiger partial charge in [0.2, 0.25) is 0 Å². The van der Waals surface area contributed by atoms with E-state index in [1.165, 1.54) is 20.7 Å². The molecule has 0 saturated carbocycles. The Morgan fingerprint density at radius 3 is 2.50 bits per heavy atom. The fraction of sp³-hybridized carbons (Fsp3) is 0.125. The molecule has 2 aromatic carbocycles. The van der Waals surface area contributed by atoms with Gasteiger partial charge in [-0.15, -0.1) is 0 Å². The summed E-state index contributed by atoms with van der Waals surface area (Å²) in [6.45, 7) is 4.14. The second kappa shape index (κ2) is 4.54. The Balaban J connectivity index is 2.11. The molecule has 0 aliphatic carbocycles. The number of fused-ring (bicyclic) bond motifs is 1. The molecule has 0 atom stereocenters. The fourth-order valence-corrected chi connectivity index (χ4v) is 3.03. The Labute approximate surface area is 111 Å². The summed E-state index contributed by atoms with van der Waals surface area (Å²) in [6, 6.07) is 16.7. The summed E-state index contributed by atoms with van der Waals surface area (Å²) in [7, 11) is 0. The van der Waals surface area contributed by atoms with Crippen LogP contribution in [0.15, 0.2) is 62.7 Å². The molecule has 90 valence electrons. The monoisotopic (exact) mass is 254 g/mol. The topological polar surface area (TPSA) is 13.1 Å². The van der Waals surface area contributed by atoms with Crippen LogP contribution in [-0.4, -0.2) is 0 Å². The Kier molecular flexibility index (Phi) is 2.88. The third-order valence-corrected chi connectivity index (χ3v) is 4.14. The zero-order chi connectivity index (χ0) is 12.5. The Morgan fingerprint density at radius 2 is 1.72 bits per heavy atom. The van der Waals surface area contributed by atoms with E-state index < -0.39 is 0 Å². The maximum atomic E-state index is 5.81. The molecular weight excluding hydrogens is 240 g/mol. The normalized spacial score (nSPS) is 11.0. The van der Waals surface area contributed by atoms with Crippen molar-refractivity contribution in [3.63, 3.8) is 0 Å². The van der Waals surface area contributed by atoms with Gasteiger partial charge in [0, 0.05) is 10.3 Å². The lowest BCUT2D eigenvalue weighted by atomic mass is 10.2. The van der Waals surface area contributed by atoms with E-state index in [1.54, 1.807) is 11.8 Å². The lowest BCUT2D eigenvalue weighted by Crippen LogP contribution is -1.75. The lowest BCUT2D eigenvalue weighted by molar-refractivity contribution is 0.568. The molecular formula is C16H14OS. The summed E-state index contributed by atoms with van der Waals surface area (Å²) in [5.74, 6) is 0.990. The molecule has 0 aliphatic heterocycles. The van der Waals surface area contributed by atoms with Gasteiger partial charge in [0.25, 0.3) is 0 Å². The van der Waals surface area contributed by atoms with Crippen molar-refractivity contribution in [2.75, 3.05) is 0 Å². The van der Waals surface area contributed by atoms with Crippen molar-refractivity contribution in [3.8, 4) is 0 Å². The average Bonchev–Trinajstić information content (AvgIpc) is 2.67. The van der Waals surface area contributed by atoms with Gasteiger partial charge in [-0.1, -0.05) is 41.6 Å². The minimum absolute atomic E-state index is 0.969. The Bertz CT molecular complexity index is 683. The lowest BCUT2D eigenvalue weighted by Gasteiger charge is -2.00. The van der Waals surface area contributed by atoms with Crippen LogP contribution in [0.1, 0.15) is 11.3 Å². The highest BCUT2D eigenvalue weighted by Crippen LogP contribution is 2.38. The first-order valence-corrected chi connectivity index (χ1v) is 6.78. The molecule has 2 heteroatoms. The minimum atomic E-state index is 0.969. The molecule has 0 bridgehead atoms. The zero-order valence-electron chi connectivity index (χ0n) is 10.4. The van der Waals surface area contributed by atoms with Gasteiger partial charge in [0.1, 0.15) is 11.3 Å². The molecule has 0 radical (unpaired) electrons. The van der Waals surface area contributed by atoms with E-state index >= 15 is 0 Å². The van der Waals surface area contributed by atoms with Crippen molar-refractivity contribution >= 4 is 22.7 Å². The highest BCUT2D eigenvalue weighted by molar-refractivity contribution is 7.99. The quantitative estimate of drug-likeness (QED) is 0.623. The summed E-state index contributed by atoms with van der Waals surface area (Å²) in [5, 5.41) is 1.21. The maximum absolute atomic E-state index is 5.81. The number of benzene rings is 2. The van der Waals surface area contributed by atoms with Crippen LogP contribution in [-0.2, 0) is 0 Å². The molecule has 3 rings (SSSR count). The van der Waals surface area contributed by atoms with E-state index in [0.717, 1.165) is 11.3 Å². The van der Waals surface area contributed by atoms with Crippen molar-refractivity contribution in [2.45, 2.75) is 23.6 Å². The van der Waals surface area contributed by atoms with Crippen molar-refractivity contribution < 1.29 is 4.42 Å². The maximum Gasteiger partial charge on any atom is 0.135 e. The van der Waals surface area contributed by atoms with E-state index in [2.05, 4.69) is 43.3 Å². The minimum Gasteiger partial charge on any atom is -0.460 e. The van der Waals surface area contributed by atoms with E-state index in [1.807, 2.05) is 19.1 Å². The summed E-state index contributed by atoms with van der Waals surface area (Å²) >= 11 is 1.77. The smallest absolute Gasteiger partial charge is 0.135 e. The molecule has 3 aromatic rings. The summed E-state index contributed by atoms with van der Waals surface area (Å²) < 4.78 is 5.81. The van der Waals surface area contributed by atoms with Crippen molar-refractivity contribution in [1.29, 1.82) is 0 Å². The molecule has 0 amide bonds. The van der Waals surface area contributed by atoms with Crippen LogP contribution >= 0.6 is 11.8 Å². The standard InChI is InChI=1S/C16H14OS/c1-11-8-9-15-14(10-11)16(12(2)17-15)18-13-6-4-3-5-7-13/h3-10H,1-2H3. The molecule has 0 unspecified atom stereocenters.